The fourth-order valence-electron chi connectivity index (χ4n) is 3.70. The summed E-state index contributed by atoms with van der Waals surface area (Å²) in [4.78, 5) is 0.0755. The lowest BCUT2D eigenvalue weighted by atomic mass is 10.2. The summed E-state index contributed by atoms with van der Waals surface area (Å²) >= 11 is 0. The lowest BCUT2D eigenvalue weighted by Gasteiger charge is -2.28. The highest BCUT2D eigenvalue weighted by Crippen LogP contribution is 2.31. The van der Waals surface area contributed by atoms with Crippen LogP contribution in [0.4, 0.5) is 4.39 Å². The summed E-state index contributed by atoms with van der Waals surface area (Å²) in [6.07, 6.45) is 3.93. The van der Waals surface area contributed by atoms with E-state index in [0.717, 1.165) is 25.7 Å². The lowest BCUT2D eigenvalue weighted by Crippen LogP contribution is -2.38. The molecule has 3 rings (SSSR count). The van der Waals surface area contributed by atoms with Gasteiger partial charge in [-0.25, -0.2) is 21.4 Å². The van der Waals surface area contributed by atoms with Gasteiger partial charge in [0.05, 0.1) is 15.8 Å². The number of hydrogen-bond donors (Lipinski definition) is 1. The van der Waals surface area contributed by atoms with E-state index in [4.69, 9.17) is 0 Å². The second-order valence-corrected chi connectivity index (χ2v) is 11.5. The Bertz CT molecular complexity index is 1120. The fourth-order valence-corrected chi connectivity index (χ4v) is 6.61. The SMILES string of the molecule is CC[C@@H](C)N=S(=O)(O)c1ccc(S(=O)(=O)N(Cc2ccccc2F)C2CCCC2)cc1. The van der Waals surface area contributed by atoms with Gasteiger partial charge in [0.25, 0.3) is 0 Å². The van der Waals surface area contributed by atoms with E-state index in [0.29, 0.717) is 12.0 Å². The van der Waals surface area contributed by atoms with Crippen molar-refractivity contribution in [3.8, 4) is 0 Å². The zero-order chi connectivity index (χ0) is 22.6. The van der Waals surface area contributed by atoms with Crippen molar-refractivity contribution >= 4 is 20.0 Å². The predicted octanol–water partition coefficient (Wildman–Crippen LogP) is 5.06. The Morgan fingerprint density at radius 3 is 2.23 bits per heavy atom. The van der Waals surface area contributed by atoms with E-state index in [1.165, 1.54) is 34.6 Å². The van der Waals surface area contributed by atoms with E-state index in [1.54, 1.807) is 25.1 Å². The maximum absolute atomic E-state index is 14.3. The summed E-state index contributed by atoms with van der Waals surface area (Å²) in [6, 6.07) is 11.0. The van der Waals surface area contributed by atoms with Gasteiger partial charge in [0.1, 0.15) is 5.82 Å². The van der Waals surface area contributed by atoms with E-state index < -0.39 is 25.9 Å². The van der Waals surface area contributed by atoms with Crippen molar-refractivity contribution in [1.82, 2.24) is 4.31 Å². The molecule has 0 bridgehead atoms. The molecule has 1 aliphatic rings. The molecule has 0 saturated heterocycles. The quantitative estimate of drug-likeness (QED) is 0.587. The number of nitrogens with zero attached hydrogens (tertiary/aromatic N) is 2. The molecule has 2 atom stereocenters. The lowest BCUT2D eigenvalue weighted by molar-refractivity contribution is 0.312. The summed E-state index contributed by atoms with van der Waals surface area (Å²) in [5.74, 6) is -0.442. The molecule has 0 heterocycles. The van der Waals surface area contributed by atoms with Crippen LogP contribution in [0.5, 0.6) is 0 Å². The third-order valence-corrected chi connectivity index (χ3v) is 9.11. The summed E-state index contributed by atoms with van der Waals surface area (Å²) < 4.78 is 69.3. The molecular formula is C22H29FN2O4S2. The van der Waals surface area contributed by atoms with Gasteiger partial charge in [-0.2, -0.15) is 4.31 Å². The molecule has 1 fully saturated rings. The highest BCUT2D eigenvalue weighted by atomic mass is 32.2. The summed E-state index contributed by atoms with van der Waals surface area (Å²) in [6.45, 7) is 3.56. The highest BCUT2D eigenvalue weighted by molar-refractivity contribution is 7.89. The molecule has 0 amide bonds. The van der Waals surface area contributed by atoms with Crippen molar-refractivity contribution in [3.63, 3.8) is 0 Å². The van der Waals surface area contributed by atoms with Crippen LogP contribution in [0.2, 0.25) is 0 Å². The molecule has 6 nitrogen and oxygen atoms in total. The van der Waals surface area contributed by atoms with Crippen molar-refractivity contribution in [3.05, 3.63) is 59.9 Å². The Morgan fingerprint density at radius 1 is 1.06 bits per heavy atom. The summed E-state index contributed by atoms with van der Waals surface area (Å²) in [5, 5.41) is 0. The molecule has 0 radical (unpaired) electrons. The standard InChI is InChI=1S/C22H29FN2O4S2/c1-3-17(2)24-30(26,27)20-12-14-21(15-13-20)31(28,29)25(19-9-5-6-10-19)16-18-8-4-7-11-22(18)23/h4,7-8,11-15,17,19H,3,5-6,9-10,16H2,1-2H3,(H,24,26,27)/t17-/m1/s1. The largest absolute Gasteiger partial charge is 0.297 e. The van der Waals surface area contributed by atoms with E-state index >= 15 is 0 Å². The smallest absolute Gasteiger partial charge is 0.243 e. The number of rotatable bonds is 8. The molecule has 0 spiro atoms. The molecule has 2 aromatic rings. The minimum Gasteiger partial charge on any atom is -0.297 e. The van der Waals surface area contributed by atoms with Crippen LogP contribution in [0.25, 0.3) is 0 Å². The van der Waals surface area contributed by atoms with Crippen LogP contribution in [0.1, 0.15) is 51.5 Å². The Hall–Kier alpha value is -1.81. The first kappa shape index (κ1) is 23.8. The maximum Gasteiger partial charge on any atom is 0.243 e. The Morgan fingerprint density at radius 2 is 1.65 bits per heavy atom. The van der Waals surface area contributed by atoms with Gasteiger partial charge in [0.15, 0.2) is 10.0 Å². The summed E-state index contributed by atoms with van der Waals surface area (Å²) in [5.41, 5.74) is 0.320. The molecular weight excluding hydrogens is 439 g/mol. The van der Waals surface area contributed by atoms with Gasteiger partial charge in [0, 0.05) is 18.2 Å². The molecule has 1 unspecified atom stereocenters. The van der Waals surface area contributed by atoms with Gasteiger partial charge in [-0.1, -0.05) is 38.0 Å². The van der Waals surface area contributed by atoms with E-state index in [2.05, 4.69) is 4.36 Å². The second kappa shape index (κ2) is 9.77. The van der Waals surface area contributed by atoms with Gasteiger partial charge in [-0.15, -0.1) is 0 Å². The maximum atomic E-state index is 14.3. The average Bonchev–Trinajstić information content (AvgIpc) is 3.27. The highest BCUT2D eigenvalue weighted by Gasteiger charge is 2.34. The minimum absolute atomic E-state index is 0.0122. The van der Waals surface area contributed by atoms with E-state index in [1.807, 2.05) is 6.92 Å². The molecule has 1 N–H and O–H groups in total. The van der Waals surface area contributed by atoms with Crippen molar-refractivity contribution in [2.75, 3.05) is 0 Å². The molecule has 0 aromatic heterocycles. The van der Waals surface area contributed by atoms with E-state index in [9.17, 15) is 21.6 Å². The van der Waals surface area contributed by atoms with Crippen molar-refractivity contribution < 1.29 is 21.6 Å². The molecule has 2 aromatic carbocycles. The van der Waals surface area contributed by atoms with Crippen LogP contribution < -0.4 is 0 Å². The number of sulfonamides is 1. The number of halogens is 1. The first-order valence-electron chi connectivity index (χ1n) is 10.5. The van der Waals surface area contributed by atoms with Crippen LogP contribution in [0.15, 0.2) is 62.7 Å². The van der Waals surface area contributed by atoms with Crippen molar-refractivity contribution in [2.24, 2.45) is 4.36 Å². The second-order valence-electron chi connectivity index (χ2n) is 7.91. The van der Waals surface area contributed by atoms with Gasteiger partial charge in [0.2, 0.25) is 10.0 Å². The molecule has 170 valence electrons. The third kappa shape index (κ3) is 5.52. The normalized spacial score (nSPS) is 18.1. The molecule has 1 aliphatic carbocycles. The minimum atomic E-state index is -3.93. The molecule has 9 heteroatoms. The average molecular weight is 469 g/mol. The number of benzene rings is 2. The molecule has 31 heavy (non-hydrogen) atoms. The molecule has 1 saturated carbocycles. The Kier molecular flexibility index (Phi) is 7.51. The third-order valence-electron chi connectivity index (χ3n) is 5.67. The van der Waals surface area contributed by atoms with Crippen LogP contribution in [-0.2, 0) is 26.6 Å². The van der Waals surface area contributed by atoms with Crippen LogP contribution in [0, 0.1) is 5.82 Å². The van der Waals surface area contributed by atoms with Crippen molar-refractivity contribution in [1.29, 1.82) is 0 Å². The van der Waals surface area contributed by atoms with Crippen LogP contribution >= 0.6 is 0 Å². The van der Waals surface area contributed by atoms with Crippen LogP contribution in [-0.4, -0.2) is 33.6 Å². The monoisotopic (exact) mass is 468 g/mol. The van der Waals surface area contributed by atoms with Gasteiger partial charge in [-0.3, -0.25) is 4.55 Å². The fraction of sp³-hybridized carbons (Fsp3) is 0.455. The first-order valence-corrected chi connectivity index (χ1v) is 13.4. The Balaban J connectivity index is 1.95. The first-order chi connectivity index (χ1) is 14.6. The van der Waals surface area contributed by atoms with Crippen molar-refractivity contribution in [2.45, 2.75) is 74.4 Å². The van der Waals surface area contributed by atoms with Gasteiger partial charge < -0.3 is 0 Å². The molecule has 0 aliphatic heterocycles. The van der Waals surface area contributed by atoms with Gasteiger partial charge in [-0.05, 0) is 56.5 Å². The predicted molar refractivity (Wildman–Crippen MR) is 119 cm³/mol. The number of hydrogen-bond acceptors (Lipinski definition) is 4. The topological polar surface area (TPSA) is 87.0 Å². The zero-order valence-corrected chi connectivity index (χ0v) is 19.4. The zero-order valence-electron chi connectivity index (χ0n) is 17.8. The van der Waals surface area contributed by atoms with Gasteiger partial charge >= 0.3 is 0 Å². The van der Waals surface area contributed by atoms with Crippen LogP contribution in [0.3, 0.4) is 0 Å². The Labute approximate surface area is 184 Å². The van der Waals surface area contributed by atoms with E-state index in [-0.39, 0.29) is 28.4 Å². The summed E-state index contributed by atoms with van der Waals surface area (Å²) in [7, 11) is -7.53.